The van der Waals surface area contributed by atoms with Gasteiger partial charge in [0.05, 0.1) is 7.11 Å². The van der Waals surface area contributed by atoms with Crippen LogP contribution in [0.25, 0.3) is 0 Å². The molecule has 9 heteroatoms. The molecule has 1 amide bonds. The monoisotopic (exact) mass is 467 g/mol. The predicted molar refractivity (Wildman–Crippen MR) is 111 cm³/mol. The molecule has 0 radical (unpaired) electrons. The Labute approximate surface area is 173 Å². The normalized spacial score (nSPS) is 16.0. The lowest BCUT2D eigenvalue weighted by atomic mass is 10.2. The number of carbonyl (C=O) groups excluding carboxylic acids is 1. The average Bonchev–Trinajstić information content (AvgIpc) is 2.69. The highest BCUT2D eigenvalue weighted by atomic mass is 79.9. The minimum atomic E-state index is -3.77. The van der Waals surface area contributed by atoms with Crippen LogP contribution in [0.1, 0.15) is 10.4 Å². The number of anilines is 1. The molecule has 1 aliphatic heterocycles. The van der Waals surface area contributed by atoms with E-state index in [-0.39, 0.29) is 22.1 Å². The van der Waals surface area contributed by atoms with Gasteiger partial charge in [-0.15, -0.1) is 0 Å². The lowest BCUT2D eigenvalue weighted by Crippen LogP contribution is -2.47. The smallest absolute Gasteiger partial charge is 0.255 e. The Morgan fingerprint density at radius 2 is 1.71 bits per heavy atom. The number of amides is 1. The van der Waals surface area contributed by atoms with Crippen LogP contribution in [0.2, 0.25) is 0 Å². The second kappa shape index (κ2) is 8.60. The van der Waals surface area contributed by atoms with Gasteiger partial charge in [-0.2, -0.15) is 4.31 Å². The summed E-state index contributed by atoms with van der Waals surface area (Å²) in [6.45, 7) is 2.12. The molecule has 1 heterocycles. The Hall–Kier alpha value is -1.94. The van der Waals surface area contributed by atoms with Crippen LogP contribution >= 0.6 is 15.9 Å². The van der Waals surface area contributed by atoms with Crippen LogP contribution in [0.4, 0.5) is 5.69 Å². The predicted octanol–water partition coefficient (Wildman–Crippen LogP) is 2.65. The summed E-state index contributed by atoms with van der Waals surface area (Å²) in [6.07, 6.45) is 0. The molecule has 2 aromatic carbocycles. The van der Waals surface area contributed by atoms with Gasteiger partial charge in [-0.05, 0) is 49.5 Å². The number of ether oxygens (including phenoxy) is 1. The van der Waals surface area contributed by atoms with Crippen molar-refractivity contribution >= 4 is 37.5 Å². The van der Waals surface area contributed by atoms with Crippen molar-refractivity contribution in [1.29, 1.82) is 0 Å². The molecule has 7 nitrogen and oxygen atoms in total. The van der Waals surface area contributed by atoms with Crippen molar-refractivity contribution in [2.75, 3.05) is 45.7 Å². The molecule has 1 fully saturated rings. The molecule has 0 unspecified atom stereocenters. The number of nitrogens with one attached hydrogen (secondary N) is 1. The number of likely N-dealkylation sites (N-methyl/N-ethyl adjacent to an activating group) is 1. The number of piperazine rings is 1. The van der Waals surface area contributed by atoms with Crippen LogP contribution in [0.5, 0.6) is 5.75 Å². The molecular weight excluding hydrogens is 446 g/mol. The van der Waals surface area contributed by atoms with E-state index in [1.165, 1.54) is 23.5 Å². The summed E-state index contributed by atoms with van der Waals surface area (Å²) < 4.78 is 33.9. The molecule has 0 bridgehead atoms. The first-order valence-electron chi connectivity index (χ1n) is 8.75. The highest BCUT2D eigenvalue weighted by Gasteiger charge is 2.30. The topological polar surface area (TPSA) is 78.9 Å². The Balaban J connectivity index is 1.89. The summed E-state index contributed by atoms with van der Waals surface area (Å²) in [4.78, 5) is 14.7. The lowest BCUT2D eigenvalue weighted by Gasteiger charge is -2.31. The summed E-state index contributed by atoms with van der Waals surface area (Å²) in [7, 11) is -0.395. The van der Waals surface area contributed by atoms with Crippen molar-refractivity contribution in [3.63, 3.8) is 0 Å². The highest BCUT2D eigenvalue weighted by molar-refractivity contribution is 9.10. The van der Waals surface area contributed by atoms with Crippen molar-refractivity contribution in [2.45, 2.75) is 4.90 Å². The van der Waals surface area contributed by atoms with Crippen molar-refractivity contribution in [1.82, 2.24) is 9.21 Å². The van der Waals surface area contributed by atoms with Crippen molar-refractivity contribution in [3.05, 3.63) is 52.5 Å². The third-order valence-corrected chi connectivity index (χ3v) is 7.06. The zero-order valence-corrected chi connectivity index (χ0v) is 18.1. The standard InChI is InChI=1S/C19H22BrN3O4S/c1-22-9-11-23(12-10-22)28(25,26)18-13-14(3-8-17(18)27-2)19(24)21-16-6-4-15(20)5-7-16/h3-8,13H,9-12H2,1-2H3,(H,21,24). The molecule has 0 saturated carbocycles. The maximum atomic E-state index is 13.1. The Kier molecular flexibility index (Phi) is 6.39. The van der Waals surface area contributed by atoms with Crippen molar-refractivity contribution in [3.8, 4) is 5.75 Å². The Morgan fingerprint density at radius 1 is 1.07 bits per heavy atom. The van der Waals surface area contributed by atoms with Crippen LogP contribution in [-0.2, 0) is 10.0 Å². The number of sulfonamides is 1. The number of nitrogens with zero attached hydrogens (tertiary/aromatic N) is 2. The molecule has 0 spiro atoms. The maximum Gasteiger partial charge on any atom is 0.255 e. The van der Waals surface area contributed by atoms with Crippen LogP contribution in [0.15, 0.2) is 51.8 Å². The molecule has 0 aromatic heterocycles. The number of halogens is 1. The molecule has 28 heavy (non-hydrogen) atoms. The van der Waals surface area contributed by atoms with E-state index in [0.29, 0.717) is 31.9 Å². The number of hydrogen-bond donors (Lipinski definition) is 1. The van der Waals surface area contributed by atoms with Crippen molar-refractivity contribution in [2.24, 2.45) is 0 Å². The molecule has 3 rings (SSSR count). The highest BCUT2D eigenvalue weighted by Crippen LogP contribution is 2.29. The summed E-state index contributed by atoms with van der Waals surface area (Å²) in [5.74, 6) is -0.168. The first-order valence-corrected chi connectivity index (χ1v) is 11.0. The van der Waals surface area contributed by atoms with E-state index in [9.17, 15) is 13.2 Å². The van der Waals surface area contributed by atoms with Gasteiger partial charge in [-0.1, -0.05) is 15.9 Å². The fourth-order valence-corrected chi connectivity index (χ4v) is 4.79. The quantitative estimate of drug-likeness (QED) is 0.730. The van der Waals surface area contributed by atoms with Gasteiger partial charge in [0.15, 0.2) is 0 Å². The fourth-order valence-electron chi connectivity index (χ4n) is 2.92. The second-order valence-electron chi connectivity index (χ2n) is 6.53. The Bertz CT molecular complexity index is 956. The first kappa shape index (κ1) is 20.8. The van der Waals surface area contributed by atoms with Gasteiger partial charge < -0.3 is 15.0 Å². The van der Waals surface area contributed by atoms with E-state index in [4.69, 9.17) is 4.74 Å². The largest absolute Gasteiger partial charge is 0.495 e. The van der Waals surface area contributed by atoms with E-state index in [1.807, 2.05) is 19.2 Å². The van der Waals surface area contributed by atoms with Crippen LogP contribution in [0, 0.1) is 0 Å². The lowest BCUT2D eigenvalue weighted by molar-refractivity contribution is 0.102. The first-order chi connectivity index (χ1) is 13.3. The molecule has 0 aliphatic carbocycles. The van der Waals surface area contributed by atoms with Crippen LogP contribution in [0.3, 0.4) is 0 Å². The number of benzene rings is 2. The summed E-state index contributed by atoms with van der Waals surface area (Å²) in [5.41, 5.74) is 0.865. The minimum Gasteiger partial charge on any atom is -0.495 e. The fraction of sp³-hybridized carbons (Fsp3) is 0.316. The van der Waals surface area contributed by atoms with E-state index in [0.717, 1.165) is 4.47 Å². The van der Waals surface area contributed by atoms with Crippen molar-refractivity contribution < 1.29 is 17.9 Å². The molecule has 1 N–H and O–H groups in total. The van der Waals surface area contributed by atoms with Crippen LogP contribution in [-0.4, -0.2) is 63.9 Å². The number of rotatable bonds is 5. The summed E-state index contributed by atoms with van der Waals surface area (Å²) >= 11 is 3.34. The molecule has 2 aromatic rings. The number of hydrogen-bond acceptors (Lipinski definition) is 5. The minimum absolute atomic E-state index is 0.00279. The van der Waals surface area contributed by atoms with E-state index in [1.54, 1.807) is 18.2 Å². The summed E-state index contributed by atoms with van der Waals surface area (Å²) in [6, 6.07) is 11.6. The van der Waals surface area contributed by atoms with Crippen LogP contribution < -0.4 is 10.1 Å². The van der Waals surface area contributed by atoms with Gasteiger partial charge in [-0.3, -0.25) is 4.79 Å². The van der Waals surface area contributed by atoms with Gasteiger partial charge in [0, 0.05) is 41.9 Å². The third-order valence-electron chi connectivity index (χ3n) is 4.61. The van der Waals surface area contributed by atoms with Gasteiger partial charge in [0.2, 0.25) is 10.0 Å². The molecule has 1 saturated heterocycles. The van der Waals surface area contributed by atoms with E-state index in [2.05, 4.69) is 26.1 Å². The third kappa shape index (κ3) is 4.54. The summed E-state index contributed by atoms with van der Waals surface area (Å²) in [5, 5.41) is 2.77. The molecule has 0 atom stereocenters. The SMILES string of the molecule is COc1ccc(C(=O)Nc2ccc(Br)cc2)cc1S(=O)(=O)N1CCN(C)CC1. The van der Waals surface area contributed by atoms with Gasteiger partial charge in [-0.25, -0.2) is 8.42 Å². The average molecular weight is 468 g/mol. The zero-order chi connectivity index (χ0) is 20.3. The van der Waals surface area contributed by atoms with E-state index >= 15 is 0 Å². The van der Waals surface area contributed by atoms with E-state index < -0.39 is 10.0 Å². The molecular formula is C19H22BrN3O4S. The Morgan fingerprint density at radius 3 is 2.32 bits per heavy atom. The van der Waals surface area contributed by atoms with Gasteiger partial charge in [0.25, 0.3) is 5.91 Å². The van der Waals surface area contributed by atoms with Gasteiger partial charge >= 0.3 is 0 Å². The second-order valence-corrected chi connectivity index (χ2v) is 9.36. The maximum absolute atomic E-state index is 13.1. The van der Waals surface area contributed by atoms with Gasteiger partial charge in [0.1, 0.15) is 10.6 Å². The number of methoxy groups -OCH3 is 1. The molecule has 150 valence electrons. The zero-order valence-electron chi connectivity index (χ0n) is 15.7. The molecule has 1 aliphatic rings. The number of carbonyl (C=O) groups is 1.